The Morgan fingerprint density at radius 2 is 1.63 bits per heavy atom. The zero-order valence-corrected chi connectivity index (χ0v) is 24.7. The second-order valence-corrected chi connectivity index (χ2v) is 12.4. The number of aromatic nitrogens is 1. The SMILES string of the molecule is CC(C)(C)c1ccccc1Oc1ncccc1NC(=O)Nc1ccc(OC2CCN(CC3CCCCC3)CC2)cc1. The van der Waals surface area contributed by atoms with Gasteiger partial charge in [0.25, 0.3) is 0 Å². The number of carbonyl (C=O) groups is 1. The van der Waals surface area contributed by atoms with Gasteiger partial charge in [0, 0.05) is 37.1 Å². The van der Waals surface area contributed by atoms with Gasteiger partial charge in [0.15, 0.2) is 0 Å². The molecule has 1 aliphatic carbocycles. The first kappa shape index (κ1) is 28.9. The molecule has 0 bridgehead atoms. The number of rotatable bonds is 8. The number of carbonyl (C=O) groups excluding carboxylic acids is 1. The highest BCUT2D eigenvalue weighted by Crippen LogP contribution is 2.35. The lowest BCUT2D eigenvalue weighted by Crippen LogP contribution is -2.40. The van der Waals surface area contributed by atoms with E-state index in [0.717, 1.165) is 43.2 Å². The Bertz CT molecular complexity index is 1270. The smallest absolute Gasteiger partial charge is 0.323 e. The van der Waals surface area contributed by atoms with Crippen LogP contribution in [0.3, 0.4) is 0 Å². The molecule has 0 radical (unpaired) electrons. The summed E-state index contributed by atoms with van der Waals surface area (Å²) in [6, 6.07) is 18.7. The van der Waals surface area contributed by atoms with Gasteiger partial charge in [-0.15, -0.1) is 0 Å². The van der Waals surface area contributed by atoms with Crippen LogP contribution in [0, 0.1) is 5.92 Å². The number of urea groups is 1. The third kappa shape index (κ3) is 8.23. The first-order chi connectivity index (χ1) is 19.8. The molecule has 2 heterocycles. The highest BCUT2D eigenvalue weighted by Gasteiger charge is 2.24. The highest BCUT2D eigenvalue weighted by atomic mass is 16.5. The molecule has 1 aromatic heterocycles. The number of ether oxygens (including phenoxy) is 2. The fourth-order valence-electron chi connectivity index (χ4n) is 5.89. The zero-order valence-electron chi connectivity index (χ0n) is 24.7. The summed E-state index contributed by atoms with van der Waals surface area (Å²) >= 11 is 0. The van der Waals surface area contributed by atoms with Crippen molar-refractivity contribution >= 4 is 17.4 Å². The molecule has 7 heteroatoms. The van der Waals surface area contributed by atoms with Crippen molar-refractivity contribution in [2.75, 3.05) is 30.3 Å². The molecule has 41 heavy (non-hydrogen) atoms. The van der Waals surface area contributed by atoms with Crippen LogP contribution in [0.2, 0.25) is 0 Å². The van der Waals surface area contributed by atoms with Gasteiger partial charge in [-0.05, 0) is 79.5 Å². The number of hydrogen-bond acceptors (Lipinski definition) is 5. The van der Waals surface area contributed by atoms with Crippen molar-refractivity contribution in [1.29, 1.82) is 0 Å². The number of benzene rings is 2. The van der Waals surface area contributed by atoms with Gasteiger partial charge in [0.2, 0.25) is 5.88 Å². The molecule has 3 aromatic rings. The number of nitrogens with zero attached hydrogens (tertiary/aromatic N) is 2. The van der Waals surface area contributed by atoms with Gasteiger partial charge >= 0.3 is 6.03 Å². The van der Waals surface area contributed by atoms with Crippen LogP contribution in [0.15, 0.2) is 66.9 Å². The molecular formula is C34H44N4O3. The molecular weight excluding hydrogens is 512 g/mol. The van der Waals surface area contributed by atoms with Gasteiger partial charge in [0.1, 0.15) is 23.3 Å². The summed E-state index contributed by atoms with van der Waals surface area (Å²) in [4.78, 5) is 19.8. The fourth-order valence-corrected chi connectivity index (χ4v) is 5.89. The van der Waals surface area contributed by atoms with E-state index in [1.54, 1.807) is 18.3 Å². The van der Waals surface area contributed by atoms with Crippen molar-refractivity contribution in [1.82, 2.24) is 9.88 Å². The van der Waals surface area contributed by atoms with Crippen LogP contribution < -0.4 is 20.1 Å². The van der Waals surface area contributed by atoms with Gasteiger partial charge in [-0.1, -0.05) is 58.2 Å². The maximum Gasteiger partial charge on any atom is 0.323 e. The van der Waals surface area contributed by atoms with Gasteiger partial charge in [0.05, 0.1) is 0 Å². The summed E-state index contributed by atoms with van der Waals surface area (Å²) in [5.41, 5.74) is 2.14. The molecule has 0 unspecified atom stereocenters. The summed E-state index contributed by atoms with van der Waals surface area (Å²) in [5.74, 6) is 2.78. The van der Waals surface area contributed by atoms with Crippen molar-refractivity contribution in [3.63, 3.8) is 0 Å². The van der Waals surface area contributed by atoms with Crippen molar-refractivity contribution in [2.24, 2.45) is 5.92 Å². The Kier molecular flexibility index (Phi) is 9.45. The molecule has 1 saturated heterocycles. The van der Waals surface area contributed by atoms with E-state index in [-0.39, 0.29) is 17.6 Å². The molecule has 7 nitrogen and oxygen atoms in total. The average Bonchev–Trinajstić information content (AvgIpc) is 2.96. The van der Waals surface area contributed by atoms with Crippen LogP contribution in [0.1, 0.15) is 71.3 Å². The number of anilines is 2. The molecule has 218 valence electrons. The largest absolute Gasteiger partial charge is 0.490 e. The number of nitrogens with one attached hydrogen (secondary N) is 2. The molecule has 2 amide bonds. The van der Waals surface area contributed by atoms with Crippen LogP contribution in [0.5, 0.6) is 17.4 Å². The molecule has 0 atom stereocenters. The first-order valence-corrected chi connectivity index (χ1v) is 15.1. The molecule has 2 aromatic carbocycles. The van der Waals surface area contributed by atoms with Crippen molar-refractivity contribution < 1.29 is 14.3 Å². The second-order valence-electron chi connectivity index (χ2n) is 12.4. The maximum absolute atomic E-state index is 12.8. The average molecular weight is 557 g/mol. The summed E-state index contributed by atoms with van der Waals surface area (Å²) in [6.45, 7) is 9.89. The van der Waals surface area contributed by atoms with Crippen molar-refractivity contribution in [3.8, 4) is 17.4 Å². The van der Waals surface area contributed by atoms with E-state index in [2.05, 4.69) is 41.3 Å². The first-order valence-electron chi connectivity index (χ1n) is 15.1. The lowest BCUT2D eigenvalue weighted by atomic mass is 9.86. The standard InChI is InChI=1S/C34H44N4O3/c1-34(2,3)29-12-7-8-14-31(29)41-32-30(13-9-21-35-32)37-33(39)36-26-15-17-27(18-16-26)40-28-19-22-38(23-20-28)24-25-10-5-4-6-11-25/h7-9,12-18,21,25,28H,4-6,10-11,19-20,22-24H2,1-3H3,(H2,36,37,39). The normalized spacial score (nSPS) is 17.1. The Hall–Kier alpha value is -3.58. The van der Waals surface area contributed by atoms with E-state index in [1.165, 1.54) is 38.6 Å². The van der Waals surface area contributed by atoms with Crippen LogP contribution in [0.25, 0.3) is 0 Å². The lowest BCUT2D eigenvalue weighted by Gasteiger charge is -2.35. The molecule has 1 aliphatic heterocycles. The highest BCUT2D eigenvalue weighted by molar-refractivity contribution is 6.00. The monoisotopic (exact) mass is 556 g/mol. The summed E-state index contributed by atoms with van der Waals surface area (Å²) < 4.78 is 12.5. The molecule has 2 N–H and O–H groups in total. The lowest BCUT2D eigenvalue weighted by molar-refractivity contribution is 0.0863. The summed E-state index contributed by atoms with van der Waals surface area (Å²) in [6.07, 6.45) is 11.0. The minimum Gasteiger partial charge on any atom is -0.490 e. The van der Waals surface area contributed by atoms with E-state index in [9.17, 15) is 4.79 Å². The van der Waals surface area contributed by atoms with Crippen LogP contribution in [-0.2, 0) is 5.41 Å². The number of pyridine rings is 1. The third-order valence-electron chi connectivity index (χ3n) is 8.11. The van der Waals surface area contributed by atoms with Gasteiger partial charge in [-0.25, -0.2) is 9.78 Å². The number of likely N-dealkylation sites (tertiary alicyclic amines) is 1. The Labute approximate surface area is 244 Å². The molecule has 2 fully saturated rings. The van der Waals surface area contributed by atoms with Gasteiger partial charge in [-0.3, -0.25) is 0 Å². The van der Waals surface area contributed by atoms with Crippen LogP contribution >= 0.6 is 0 Å². The van der Waals surface area contributed by atoms with Crippen LogP contribution in [-0.4, -0.2) is 41.7 Å². The molecule has 2 aliphatic rings. The predicted molar refractivity (Wildman–Crippen MR) is 165 cm³/mol. The zero-order chi connectivity index (χ0) is 28.7. The molecule has 0 spiro atoms. The minimum absolute atomic E-state index is 0.0991. The van der Waals surface area contributed by atoms with E-state index >= 15 is 0 Å². The quantitative estimate of drug-likeness (QED) is 0.292. The number of piperidine rings is 1. The van der Waals surface area contributed by atoms with Crippen molar-refractivity contribution in [2.45, 2.75) is 77.2 Å². The Morgan fingerprint density at radius 1 is 0.902 bits per heavy atom. The van der Waals surface area contributed by atoms with E-state index in [4.69, 9.17) is 9.47 Å². The van der Waals surface area contributed by atoms with Gasteiger partial charge in [-0.2, -0.15) is 0 Å². The maximum atomic E-state index is 12.8. The van der Waals surface area contributed by atoms with Crippen molar-refractivity contribution in [3.05, 3.63) is 72.4 Å². The third-order valence-corrected chi connectivity index (χ3v) is 8.11. The van der Waals surface area contributed by atoms with E-state index in [1.807, 2.05) is 48.5 Å². The fraction of sp³-hybridized carbons (Fsp3) is 0.471. The summed E-state index contributed by atoms with van der Waals surface area (Å²) in [5, 5.41) is 5.77. The Morgan fingerprint density at radius 3 is 2.37 bits per heavy atom. The topological polar surface area (TPSA) is 75.7 Å². The number of para-hydroxylation sites is 1. The molecule has 1 saturated carbocycles. The summed E-state index contributed by atoms with van der Waals surface area (Å²) in [7, 11) is 0. The molecule has 5 rings (SSSR count). The van der Waals surface area contributed by atoms with Crippen LogP contribution in [0.4, 0.5) is 16.2 Å². The van der Waals surface area contributed by atoms with E-state index < -0.39 is 0 Å². The second kappa shape index (κ2) is 13.4. The van der Waals surface area contributed by atoms with Gasteiger partial charge < -0.3 is 25.0 Å². The number of amides is 2. The van der Waals surface area contributed by atoms with E-state index in [0.29, 0.717) is 23.0 Å². The predicted octanol–water partition coefficient (Wildman–Crippen LogP) is 8.24. The Balaban J connectivity index is 1.11. The number of hydrogen-bond donors (Lipinski definition) is 2. The minimum atomic E-state index is -0.369.